The molecule has 0 aliphatic heterocycles. The van der Waals surface area contributed by atoms with Gasteiger partial charge < -0.3 is 5.73 Å². The Labute approximate surface area is 184 Å². The van der Waals surface area contributed by atoms with E-state index in [1.165, 1.54) is 19.2 Å². The number of pyridine rings is 1. The van der Waals surface area contributed by atoms with Crippen molar-refractivity contribution in [1.29, 1.82) is 0 Å². The topological polar surface area (TPSA) is 135 Å². The number of hydrogen-bond donors (Lipinski definition) is 2. The summed E-state index contributed by atoms with van der Waals surface area (Å²) in [6, 6.07) is 18.3. The molecule has 0 unspecified atom stereocenters. The molecular weight excluding hydrogens is 428 g/mol. The van der Waals surface area contributed by atoms with E-state index in [0.29, 0.717) is 27.7 Å². The Hall–Kier alpha value is -3.95. The van der Waals surface area contributed by atoms with Crippen LogP contribution < -0.4 is 5.73 Å². The quantitative estimate of drug-likeness (QED) is 0.184. The standard InChI is InChI=1S/C23H18N4O4S/c1-14(28)15-5-4-6-16(11-15)20-10-9-17(13-25-20)26-27-21-12-22(32(29,30)31)18-7-2-3-8-19(18)23(21)24/h2-13H,24H2,1H3,(H,29,30,31)/b27-26+. The van der Waals surface area contributed by atoms with Gasteiger partial charge in [0, 0.05) is 21.9 Å². The number of fused-ring (bicyclic) bond motifs is 1. The first-order chi connectivity index (χ1) is 15.2. The van der Waals surface area contributed by atoms with Crippen molar-refractivity contribution >= 4 is 43.7 Å². The maximum atomic E-state index is 11.8. The molecule has 0 saturated heterocycles. The van der Waals surface area contributed by atoms with Gasteiger partial charge >= 0.3 is 0 Å². The average Bonchev–Trinajstić information content (AvgIpc) is 2.78. The molecular formula is C23H18N4O4S. The largest absolute Gasteiger partial charge is 0.396 e. The Bertz CT molecular complexity index is 1480. The molecule has 32 heavy (non-hydrogen) atoms. The monoisotopic (exact) mass is 446 g/mol. The molecule has 1 heterocycles. The molecule has 0 amide bonds. The van der Waals surface area contributed by atoms with Gasteiger partial charge in [-0.15, -0.1) is 10.2 Å². The molecule has 160 valence electrons. The van der Waals surface area contributed by atoms with Crippen LogP contribution >= 0.6 is 0 Å². The van der Waals surface area contributed by atoms with Crippen molar-refractivity contribution in [3.05, 3.63) is 78.5 Å². The van der Waals surface area contributed by atoms with Gasteiger partial charge in [-0.1, -0.05) is 42.5 Å². The molecule has 1 aromatic heterocycles. The van der Waals surface area contributed by atoms with Gasteiger partial charge in [0.2, 0.25) is 0 Å². The normalized spacial score (nSPS) is 11.8. The molecule has 0 spiro atoms. The zero-order valence-corrected chi connectivity index (χ0v) is 17.7. The lowest BCUT2D eigenvalue weighted by Crippen LogP contribution is -2.01. The lowest BCUT2D eigenvalue weighted by Gasteiger charge is -2.09. The van der Waals surface area contributed by atoms with E-state index in [9.17, 15) is 17.8 Å². The van der Waals surface area contributed by atoms with Crippen LogP contribution in [0.1, 0.15) is 17.3 Å². The fourth-order valence-corrected chi connectivity index (χ4v) is 3.99. The molecule has 0 aliphatic rings. The number of aromatic nitrogens is 1. The van der Waals surface area contributed by atoms with E-state index in [-0.39, 0.29) is 22.1 Å². The van der Waals surface area contributed by atoms with Crippen molar-refractivity contribution < 1.29 is 17.8 Å². The Morgan fingerprint density at radius 3 is 2.38 bits per heavy atom. The van der Waals surface area contributed by atoms with Crippen molar-refractivity contribution in [3.8, 4) is 11.3 Å². The Balaban J connectivity index is 1.69. The molecule has 0 bridgehead atoms. The first-order valence-electron chi connectivity index (χ1n) is 9.52. The first kappa shape index (κ1) is 21.3. The second kappa shape index (κ2) is 8.29. The fourth-order valence-electron chi connectivity index (χ4n) is 3.27. The van der Waals surface area contributed by atoms with Gasteiger partial charge in [-0.25, -0.2) is 0 Å². The highest BCUT2D eigenvalue weighted by atomic mass is 32.2. The molecule has 0 saturated carbocycles. The third-order valence-electron chi connectivity index (χ3n) is 4.89. The lowest BCUT2D eigenvalue weighted by molar-refractivity contribution is 0.101. The van der Waals surface area contributed by atoms with Gasteiger partial charge in [0.1, 0.15) is 16.3 Å². The Morgan fingerprint density at radius 1 is 0.969 bits per heavy atom. The number of Topliss-reactive ketones (excluding diaryl/α,β-unsaturated/α-hetero) is 1. The molecule has 3 aromatic carbocycles. The van der Waals surface area contributed by atoms with Crippen molar-refractivity contribution in [3.63, 3.8) is 0 Å². The molecule has 0 aliphatic carbocycles. The molecule has 4 rings (SSSR count). The molecule has 4 aromatic rings. The maximum absolute atomic E-state index is 11.8. The highest BCUT2D eigenvalue weighted by molar-refractivity contribution is 7.86. The maximum Gasteiger partial charge on any atom is 0.295 e. The molecule has 0 atom stereocenters. The van der Waals surface area contributed by atoms with E-state index in [1.54, 1.807) is 54.6 Å². The number of anilines is 1. The summed E-state index contributed by atoms with van der Waals surface area (Å²) < 4.78 is 33.3. The summed E-state index contributed by atoms with van der Waals surface area (Å²) in [5.74, 6) is -0.0329. The minimum absolute atomic E-state index is 0.0329. The van der Waals surface area contributed by atoms with Crippen LogP contribution in [-0.2, 0) is 10.1 Å². The number of carbonyl (C=O) groups excluding carboxylic acids is 1. The van der Waals surface area contributed by atoms with E-state index in [0.717, 1.165) is 5.56 Å². The molecule has 0 fully saturated rings. The van der Waals surface area contributed by atoms with Crippen LogP contribution in [-0.4, -0.2) is 23.7 Å². The summed E-state index contributed by atoms with van der Waals surface area (Å²) >= 11 is 0. The average molecular weight is 446 g/mol. The number of ketones is 1. The van der Waals surface area contributed by atoms with Gasteiger partial charge in [-0.3, -0.25) is 14.3 Å². The summed E-state index contributed by atoms with van der Waals surface area (Å²) in [4.78, 5) is 15.6. The van der Waals surface area contributed by atoms with Crippen LogP contribution in [0.3, 0.4) is 0 Å². The smallest absolute Gasteiger partial charge is 0.295 e. The Kier molecular flexibility index (Phi) is 5.52. The van der Waals surface area contributed by atoms with Crippen molar-refractivity contribution in [2.75, 3.05) is 5.73 Å². The molecule has 3 N–H and O–H groups in total. The molecule has 8 nitrogen and oxygen atoms in total. The van der Waals surface area contributed by atoms with Gasteiger partial charge in [0.05, 0.1) is 17.6 Å². The lowest BCUT2D eigenvalue weighted by atomic mass is 10.1. The second-order valence-corrected chi connectivity index (χ2v) is 8.46. The number of azo groups is 1. The molecule has 9 heteroatoms. The van der Waals surface area contributed by atoms with Gasteiger partial charge in [-0.2, -0.15) is 8.42 Å². The zero-order valence-electron chi connectivity index (χ0n) is 16.9. The second-order valence-electron chi connectivity index (χ2n) is 7.07. The van der Waals surface area contributed by atoms with E-state index in [1.807, 2.05) is 6.07 Å². The van der Waals surface area contributed by atoms with E-state index >= 15 is 0 Å². The summed E-state index contributed by atoms with van der Waals surface area (Å²) in [6.45, 7) is 1.50. The number of nitrogens with zero attached hydrogens (tertiary/aromatic N) is 3. The van der Waals surface area contributed by atoms with Crippen molar-refractivity contribution in [1.82, 2.24) is 4.98 Å². The van der Waals surface area contributed by atoms with Crippen LogP contribution in [0.4, 0.5) is 17.1 Å². The SMILES string of the molecule is CC(=O)c1cccc(-c2ccc(/N=N/c3cc(S(=O)(=O)O)c4ccccc4c3N)cn2)c1. The predicted molar refractivity (Wildman–Crippen MR) is 122 cm³/mol. The highest BCUT2D eigenvalue weighted by Gasteiger charge is 2.18. The number of carbonyl (C=O) groups is 1. The van der Waals surface area contributed by atoms with Crippen LogP contribution in [0, 0.1) is 0 Å². The van der Waals surface area contributed by atoms with Crippen LogP contribution in [0.25, 0.3) is 22.0 Å². The number of benzene rings is 3. The van der Waals surface area contributed by atoms with Crippen molar-refractivity contribution in [2.24, 2.45) is 10.2 Å². The third-order valence-corrected chi connectivity index (χ3v) is 5.78. The number of nitrogens with two attached hydrogens (primary N) is 1. The number of nitrogen functional groups attached to an aromatic ring is 1. The zero-order chi connectivity index (χ0) is 22.9. The highest BCUT2D eigenvalue weighted by Crippen LogP contribution is 2.36. The first-order valence-corrected chi connectivity index (χ1v) is 11.0. The molecule has 0 radical (unpaired) electrons. The van der Waals surface area contributed by atoms with Crippen LogP contribution in [0.15, 0.2) is 88.1 Å². The van der Waals surface area contributed by atoms with Crippen LogP contribution in [0.2, 0.25) is 0 Å². The summed E-state index contributed by atoms with van der Waals surface area (Å²) in [7, 11) is -4.49. The van der Waals surface area contributed by atoms with Gasteiger partial charge in [0.25, 0.3) is 10.1 Å². The van der Waals surface area contributed by atoms with E-state index in [2.05, 4.69) is 15.2 Å². The number of hydrogen-bond acceptors (Lipinski definition) is 7. The van der Waals surface area contributed by atoms with Gasteiger partial charge in [-0.05, 0) is 31.2 Å². The predicted octanol–water partition coefficient (Wildman–Crippen LogP) is 5.35. The fraction of sp³-hybridized carbons (Fsp3) is 0.0435. The summed E-state index contributed by atoms with van der Waals surface area (Å²) in [6.07, 6.45) is 1.50. The van der Waals surface area contributed by atoms with Crippen LogP contribution in [0.5, 0.6) is 0 Å². The summed E-state index contributed by atoms with van der Waals surface area (Å²) in [5.41, 5.74) is 8.96. The van der Waals surface area contributed by atoms with Gasteiger partial charge in [0.15, 0.2) is 5.78 Å². The van der Waals surface area contributed by atoms with E-state index in [4.69, 9.17) is 5.73 Å². The Morgan fingerprint density at radius 2 is 1.72 bits per heavy atom. The minimum Gasteiger partial charge on any atom is -0.396 e. The summed E-state index contributed by atoms with van der Waals surface area (Å²) in [5, 5.41) is 8.92. The third kappa shape index (κ3) is 4.25. The minimum atomic E-state index is -4.49. The van der Waals surface area contributed by atoms with E-state index < -0.39 is 10.1 Å². The van der Waals surface area contributed by atoms with Crippen molar-refractivity contribution in [2.45, 2.75) is 11.8 Å². The number of rotatable bonds is 5.